The Morgan fingerprint density at radius 3 is 2.56 bits per heavy atom. The molecular weight excluding hydrogens is 250 g/mol. The molecule has 0 unspecified atom stereocenters. The van der Waals surface area contributed by atoms with E-state index in [9.17, 15) is 4.79 Å². The SMILES string of the molecule is N#Cc1c(N2CCC(N)CC2)sc(C(N)=O)c1N. The molecule has 0 atom stereocenters. The van der Waals surface area contributed by atoms with Crippen LogP contribution in [0.3, 0.4) is 0 Å². The van der Waals surface area contributed by atoms with Gasteiger partial charge in [0.05, 0.1) is 5.69 Å². The minimum absolute atomic E-state index is 0.194. The molecule has 0 radical (unpaired) electrons. The summed E-state index contributed by atoms with van der Waals surface area (Å²) in [6, 6.07) is 2.26. The fraction of sp³-hybridized carbons (Fsp3) is 0.455. The summed E-state index contributed by atoms with van der Waals surface area (Å²) in [5.41, 5.74) is 17.4. The van der Waals surface area contributed by atoms with Gasteiger partial charge in [0.25, 0.3) is 5.91 Å². The predicted molar refractivity (Wildman–Crippen MR) is 71.4 cm³/mol. The molecule has 6 nitrogen and oxygen atoms in total. The Balaban J connectivity index is 2.36. The van der Waals surface area contributed by atoms with E-state index in [1.165, 1.54) is 11.3 Å². The highest BCUT2D eigenvalue weighted by atomic mass is 32.1. The first kappa shape index (κ1) is 12.7. The number of carbonyl (C=O) groups excluding carboxylic acids is 1. The van der Waals surface area contributed by atoms with Gasteiger partial charge >= 0.3 is 0 Å². The Kier molecular flexibility index (Phi) is 3.41. The van der Waals surface area contributed by atoms with Crippen LogP contribution < -0.4 is 22.1 Å². The standard InChI is InChI=1S/C11H15N5OS/c12-5-7-8(14)9(10(15)17)18-11(7)16-3-1-6(13)2-4-16/h6H,1-4,13-14H2,(H2,15,17). The number of nitrogen functional groups attached to an aromatic ring is 1. The highest BCUT2D eigenvalue weighted by molar-refractivity contribution is 7.19. The number of amides is 1. The monoisotopic (exact) mass is 265 g/mol. The lowest BCUT2D eigenvalue weighted by atomic mass is 10.1. The second-order valence-corrected chi connectivity index (χ2v) is 5.32. The molecule has 1 saturated heterocycles. The van der Waals surface area contributed by atoms with Crippen molar-refractivity contribution in [1.29, 1.82) is 5.26 Å². The van der Waals surface area contributed by atoms with Gasteiger partial charge in [0.15, 0.2) is 0 Å². The first-order valence-corrected chi connectivity index (χ1v) is 6.49. The van der Waals surface area contributed by atoms with Crippen molar-refractivity contribution in [3.05, 3.63) is 10.4 Å². The van der Waals surface area contributed by atoms with Gasteiger partial charge in [0, 0.05) is 19.1 Å². The number of primary amides is 1. The number of hydrogen-bond donors (Lipinski definition) is 3. The third kappa shape index (κ3) is 2.12. The van der Waals surface area contributed by atoms with Gasteiger partial charge in [-0.25, -0.2) is 0 Å². The number of anilines is 2. The zero-order valence-corrected chi connectivity index (χ0v) is 10.7. The van der Waals surface area contributed by atoms with Gasteiger partial charge in [-0.1, -0.05) is 0 Å². The van der Waals surface area contributed by atoms with E-state index in [1.54, 1.807) is 0 Å². The zero-order chi connectivity index (χ0) is 13.3. The van der Waals surface area contributed by atoms with Crippen LogP contribution in [0.2, 0.25) is 0 Å². The zero-order valence-electron chi connectivity index (χ0n) is 9.85. The summed E-state index contributed by atoms with van der Waals surface area (Å²) >= 11 is 1.19. The number of hydrogen-bond acceptors (Lipinski definition) is 6. The maximum atomic E-state index is 11.2. The third-order valence-electron chi connectivity index (χ3n) is 3.09. The molecule has 1 aliphatic rings. The fourth-order valence-electron chi connectivity index (χ4n) is 2.05. The van der Waals surface area contributed by atoms with Crippen LogP contribution in [0.5, 0.6) is 0 Å². The van der Waals surface area contributed by atoms with Crippen molar-refractivity contribution < 1.29 is 4.79 Å². The summed E-state index contributed by atoms with van der Waals surface area (Å²) in [5, 5.41) is 9.88. The van der Waals surface area contributed by atoms with Crippen molar-refractivity contribution in [3.63, 3.8) is 0 Å². The number of nitrogens with zero attached hydrogens (tertiary/aromatic N) is 2. The van der Waals surface area contributed by atoms with Crippen molar-refractivity contribution in [1.82, 2.24) is 0 Å². The molecule has 1 fully saturated rings. The molecule has 0 aliphatic carbocycles. The lowest BCUT2D eigenvalue weighted by Crippen LogP contribution is -2.39. The van der Waals surface area contributed by atoms with Gasteiger partial charge in [-0.05, 0) is 12.8 Å². The van der Waals surface area contributed by atoms with Gasteiger partial charge in [-0.3, -0.25) is 4.79 Å². The minimum Gasteiger partial charge on any atom is -0.396 e. The normalized spacial score (nSPS) is 16.6. The molecule has 6 N–H and O–H groups in total. The Bertz CT molecular complexity index is 510. The van der Waals surface area contributed by atoms with Crippen LogP contribution >= 0.6 is 11.3 Å². The van der Waals surface area contributed by atoms with Gasteiger partial charge < -0.3 is 22.1 Å². The van der Waals surface area contributed by atoms with Crippen molar-refractivity contribution in [2.75, 3.05) is 23.7 Å². The van der Waals surface area contributed by atoms with Crippen LogP contribution in [-0.4, -0.2) is 25.0 Å². The summed E-state index contributed by atoms with van der Waals surface area (Å²) in [7, 11) is 0. The smallest absolute Gasteiger partial charge is 0.261 e. The highest BCUT2D eigenvalue weighted by Gasteiger charge is 2.25. The van der Waals surface area contributed by atoms with Crippen LogP contribution in [0.4, 0.5) is 10.7 Å². The van der Waals surface area contributed by atoms with E-state index in [0.29, 0.717) is 5.56 Å². The largest absolute Gasteiger partial charge is 0.396 e. The predicted octanol–water partition coefficient (Wildman–Crippen LogP) is 0.228. The van der Waals surface area contributed by atoms with Crippen LogP contribution in [0.25, 0.3) is 0 Å². The van der Waals surface area contributed by atoms with Gasteiger partial charge in [-0.15, -0.1) is 11.3 Å². The van der Waals surface area contributed by atoms with Crippen LogP contribution in [0, 0.1) is 11.3 Å². The summed E-state index contributed by atoms with van der Waals surface area (Å²) < 4.78 is 0. The number of nitriles is 1. The average molecular weight is 265 g/mol. The molecule has 18 heavy (non-hydrogen) atoms. The van der Waals surface area contributed by atoms with Crippen LogP contribution in [0.1, 0.15) is 28.1 Å². The van der Waals surface area contributed by atoms with Crippen molar-refractivity contribution in [3.8, 4) is 6.07 Å². The average Bonchev–Trinajstić information content (AvgIpc) is 2.67. The maximum Gasteiger partial charge on any atom is 0.261 e. The van der Waals surface area contributed by atoms with Crippen molar-refractivity contribution >= 4 is 27.9 Å². The van der Waals surface area contributed by atoms with E-state index in [-0.39, 0.29) is 16.6 Å². The molecule has 96 valence electrons. The fourth-order valence-corrected chi connectivity index (χ4v) is 3.12. The molecule has 1 amide bonds. The van der Waals surface area contributed by atoms with E-state index in [4.69, 9.17) is 22.5 Å². The summed E-state index contributed by atoms with van der Waals surface area (Å²) in [6.07, 6.45) is 1.74. The molecule has 0 spiro atoms. The third-order valence-corrected chi connectivity index (χ3v) is 4.37. The van der Waals surface area contributed by atoms with Gasteiger partial charge in [0.2, 0.25) is 0 Å². The molecule has 2 heterocycles. The molecular formula is C11H15N5OS. The highest BCUT2D eigenvalue weighted by Crippen LogP contribution is 2.38. The van der Waals surface area contributed by atoms with E-state index in [1.807, 2.05) is 0 Å². The van der Waals surface area contributed by atoms with Crippen LogP contribution in [0.15, 0.2) is 0 Å². The summed E-state index contributed by atoms with van der Waals surface area (Å²) in [6.45, 7) is 1.54. The molecule has 1 aromatic rings. The Morgan fingerprint density at radius 2 is 2.06 bits per heavy atom. The topological polar surface area (TPSA) is 122 Å². The molecule has 1 aliphatic heterocycles. The molecule has 2 rings (SSSR count). The second kappa shape index (κ2) is 4.84. The quantitative estimate of drug-likeness (QED) is 0.706. The second-order valence-electron chi connectivity index (χ2n) is 4.33. The first-order chi connectivity index (χ1) is 8.54. The number of piperidine rings is 1. The Hall–Kier alpha value is -1.78. The minimum atomic E-state index is -0.589. The van der Waals surface area contributed by atoms with Gasteiger partial charge in [0.1, 0.15) is 21.5 Å². The summed E-state index contributed by atoms with van der Waals surface area (Å²) in [5.74, 6) is -0.589. The number of carbonyl (C=O) groups is 1. The van der Waals surface area contributed by atoms with Crippen LogP contribution in [-0.2, 0) is 0 Å². The molecule has 0 saturated carbocycles. The lowest BCUT2D eigenvalue weighted by molar-refractivity contribution is 0.100. The van der Waals surface area contributed by atoms with Gasteiger partial charge in [-0.2, -0.15) is 5.26 Å². The molecule has 7 heteroatoms. The molecule has 1 aromatic heterocycles. The van der Waals surface area contributed by atoms with E-state index < -0.39 is 5.91 Å². The van der Waals surface area contributed by atoms with E-state index >= 15 is 0 Å². The maximum absolute atomic E-state index is 11.2. The van der Waals surface area contributed by atoms with Crippen molar-refractivity contribution in [2.45, 2.75) is 18.9 Å². The summed E-state index contributed by atoms with van der Waals surface area (Å²) in [4.78, 5) is 13.6. The number of rotatable bonds is 2. The Labute approximate surface area is 109 Å². The Morgan fingerprint density at radius 1 is 1.44 bits per heavy atom. The molecule has 0 bridgehead atoms. The first-order valence-electron chi connectivity index (χ1n) is 5.67. The van der Waals surface area contributed by atoms with Crippen molar-refractivity contribution in [2.24, 2.45) is 11.5 Å². The number of thiophene rings is 1. The van der Waals surface area contributed by atoms with E-state index in [2.05, 4.69) is 11.0 Å². The molecule has 0 aromatic carbocycles. The van der Waals surface area contributed by atoms with E-state index in [0.717, 1.165) is 30.9 Å². The number of nitrogens with two attached hydrogens (primary N) is 3. The lowest BCUT2D eigenvalue weighted by Gasteiger charge is -2.31.